The van der Waals surface area contributed by atoms with Gasteiger partial charge in [0.05, 0.1) is 12.2 Å². The van der Waals surface area contributed by atoms with E-state index in [-0.39, 0.29) is 6.04 Å². The number of aliphatic imine (C=N–C) groups is 1. The van der Waals surface area contributed by atoms with Crippen molar-refractivity contribution >= 4 is 5.96 Å². The zero-order valence-electron chi connectivity index (χ0n) is 14.5. The fraction of sp³-hybridized carbons (Fsp3) is 0.733. The minimum Gasteiger partial charge on any atom is -0.352 e. The lowest BCUT2D eigenvalue weighted by molar-refractivity contribution is -0.143. The van der Waals surface area contributed by atoms with E-state index in [1.807, 2.05) is 25.6 Å². The third-order valence-electron chi connectivity index (χ3n) is 4.33. The molecule has 1 aliphatic heterocycles. The van der Waals surface area contributed by atoms with Gasteiger partial charge in [0, 0.05) is 51.0 Å². The highest BCUT2D eigenvalue weighted by atomic mass is 19.4. The number of aromatic nitrogens is 2. The Bertz CT molecular complexity index is 593. The lowest BCUT2D eigenvalue weighted by Crippen LogP contribution is -2.45. The van der Waals surface area contributed by atoms with Crippen molar-refractivity contribution in [2.75, 3.05) is 26.7 Å². The van der Waals surface area contributed by atoms with Crippen molar-refractivity contribution in [3.05, 3.63) is 17.0 Å². The van der Waals surface area contributed by atoms with E-state index in [0.29, 0.717) is 32.0 Å². The first-order valence-corrected chi connectivity index (χ1v) is 7.95. The molecule has 0 amide bonds. The summed E-state index contributed by atoms with van der Waals surface area (Å²) < 4.78 is 39.2. The van der Waals surface area contributed by atoms with Gasteiger partial charge < -0.3 is 10.6 Å². The maximum absolute atomic E-state index is 12.4. The summed E-state index contributed by atoms with van der Waals surface area (Å²) in [7, 11) is 3.55. The second kappa shape index (κ2) is 7.42. The molecule has 0 aromatic carbocycles. The lowest BCUT2D eigenvalue weighted by Gasteiger charge is -2.20. The second-order valence-electron chi connectivity index (χ2n) is 6.18. The molecule has 0 bridgehead atoms. The zero-order valence-corrected chi connectivity index (χ0v) is 14.5. The van der Waals surface area contributed by atoms with E-state index < -0.39 is 12.7 Å². The highest BCUT2D eigenvalue weighted by Crippen LogP contribution is 2.20. The molecule has 6 nitrogen and oxygen atoms in total. The second-order valence-corrected chi connectivity index (χ2v) is 6.18. The Kier molecular flexibility index (Phi) is 5.74. The minimum atomic E-state index is -4.15. The highest BCUT2D eigenvalue weighted by Gasteiger charge is 2.34. The number of likely N-dealkylation sites (tertiary alicyclic amines) is 1. The van der Waals surface area contributed by atoms with Crippen LogP contribution in [0.25, 0.3) is 0 Å². The Labute approximate surface area is 140 Å². The first-order chi connectivity index (χ1) is 11.2. The maximum atomic E-state index is 12.4. The Morgan fingerprint density at radius 3 is 2.62 bits per heavy atom. The first kappa shape index (κ1) is 18.6. The molecule has 1 fully saturated rings. The topological polar surface area (TPSA) is 57.5 Å². The van der Waals surface area contributed by atoms with E-state index in [9.17, 15) is 13.2 Å². The van der Waals surface area contributed by atoms with Crippen LogP contribution in [0, 0.1) is 13.8 Å². The number of aryl methyl sites for hydroxylation is 2. The van der Waals surface area contributed by atoms with Crippen LogP contribution in [0.1, 0.15) is 23.4 Å². The van der Waals surface area contributed by atoms with Crippen molar-refractivity contribution in [1.29, 1.82) is 0 Å². The number of alkyl halides is 3. The molecule has 1 unspecified atom stereocenters. The van der Waals surface area contributed by atoms with Gasteiger partial charge >= 0.3 is 6.18 Å². The zero-order chi connectivity index (χ0) is 17.9. The number of halogens is 3. The van der Waals surface area contributed by atoms with E-state index >= 15 is 0 Å². The Balaban J connectivity index is 1.85. The van der Waals surface area contributed by atoms with Crippen LogP contribution >= 0.6 is 0 Å². The molecule has 2 N–H and O–H groups in total. The van der Waals surface area contributed by atoms with Gasteiger partial charge in [0.25, 0.3) is 0 Å². The average molecular weight is 346 g/mol. The number of hydrogen-bond acceptors (Lipinski definition) is 3. The van der Waals surface area contributed by atoms with E-state index in [2.05, 4.69) is 20.7 Å². The van der Waals surface area contributed by atoms with Gasteiger partial charge in [-0.2, -0.15) is 18.3 Å². The van der Waals surface area contributed by atoms with Gasteiger partial charge in [0.2, 0.25) is 0 Å². The van der Waals surface area contributed by atoms with Crippen molar-refractivity contribution in [3.63, 3.8) is 0 Å². The molecule has 1 aromatic heterocycles. The number of nitrogens with one attached hydrogen (secondary N) is 2. The lowest BCUT2D eigenvalue weighted by atomic mass is 10.2. The van der Waals surface area contributed by atoms with E-state index in [1.165, 1.54) is 4.90 Å². The van der Waals surface area contributed by atoms with Crippen LogP contribution in [-0.2, 0) is 13.6 Å². The Morgan fingerprint density at radius 2 is 2.08 bits per heavy atom. The molecular weight excluding hydrogens is 321 g/mol. The standard InChI is InChI=1S/C15H25F3N6/c1-10-13(11(2)23(4)22-10)7-20-14(19-3)21-12-5-6-24(8-12)9-15(16,17)18/h12H,5-9H2,1-4H3,(H2,19,20,21). The Hall–Kier alpha value is -1.77. The molecule has 1 aromatic rings. The van der Waals surface area contributed by atoms with Crippen molar-refractivity contribution in [2.24, 2.45) is 12.0 Å². The van der Waals surface area contributed by atoms with Gasteiger partial charge in [-0.05, 0) is 20.3 Å². The third-order valence-corrected chi connectivity index (χ3v) is 4.33. The van der Waals surface area contributed by atoms with Crippen LogP contribution in [0.4, 0.5) is 13.2 Å². The smallest absolute Gasteiger partial charge is 0.352 e. The molecule has 9 heteroatoms. The highest BCUT2D eigenvalue weighted by molar-refractivity contribution is 5.80. The number of guanidine groups is 1. The molecular formula is C15H25F3N6. The third kappa shape index (κ3) is 4.86. The van der Waals surface area contributed by atoms with Crippen LogP contribution in [-0.4, -0.2) is 59.5 Å². The molecule has 0 aliphatic carbocycles. The number of rotatable bonds is 4. The predicted molar refractivity (Wildman–Crippen MR) is 86.9 cm³/mol. The molecule has 0 radical (unpaired) electrons. The maximum Gasteiger partial charge on any atom is 0.401 e. The van der Waals surface area contributed by atoms with Gasteiger partial charge in [0.15, 0.2) is 5.96 Å². The van der Waals surface area contributed by atoms with Crippen molar-refractivity contribution in [3.8, 4) is 0 Å². The van der Waals surface area contributed by atoms with Gasteiger partial charge in [-0.3, -0.25) is 14.6 Å². The summed E-state index contributed by atoms with van der Waals surface area (Å²) in [5, 5.41) is 10.8. The molecule has 136 valence electrons. The SMILES string of the molecule is CN=C(NCc1c(C)nn(C)c1C)NC1CCN(CC(F)(F)F)C1. The summed E-state index contributed by atoms with van der Waals surface area (Å²) in [5.74, 6) is 0.594. The molecule has 1 aliphatic rings. The molecule has 2 rings (SSSR count). The molecule has 1 atom stereocenters. The Morgan fingerprint density at radius 1 is 1.38 bits per heavy atom. The van der Waals surface area contributed by atoms with Crippen LogP contribution in [0.15, 0.2) is 4.99 Å². The van der Waals surface area contributed by atoms with Crippen molar-refractivity contribution in [1.82, 2.24) is 25.3 Å². The summed E-state index contributed by atoms with van der Waals surface area (Å²) in [6, 6.07) is -0.0327. The normalized spacial score (nSPS) is 19.8. The molecule has 0 saturated carbocycles. The van der Waals surface area contributed by atoms with Gasteiger partial charge in [-0.25, -0.2) is 0 Å². The summed E-state index contributed by atoms with van der Waals surface area (Å²) in [6.45, 7) is 4.47. The van der Waals surface area contributed by atoms with Crippen molar-refractivity contribution < 1.29 is 13.2 Å². The number of hydrogen-bond donors (Lipinski definition) is 2. The summed E-state index contributed by atoms with van der Waals surface area (Å²) in [5.41, 5.74) is 3.13. The number of nitrogens with zero attached hydrogens (tertiary/aromatic N) is 4. The fourth-order valence-electron chi connectivity index (χ4n) is 2.98. The quantitative estimate of drug-likeness (QED) is 0.638. The minimum absolute atomic E-state index is 0.0327. The monoisotopic (exact) mass is 346 g/mol. The van der Waals surface area contributed by atoms with E-state index in [0.717, 1.165) is 17.0 Å². The fourth-order valence-corrected chi connectivity index (χ4v) is 2.98. The van der Waals surface area contributed by atoms with Crippen LogP contribution < -0.4 is 10.6 Å². The molecule has 2 heterocycles. The van der Waals surface area contributed by atoms with Crippen LogP contribution in [0.3, 0.4) is 0 Å². The largest absolute Gasteiger partial charge is 0.401 e. The first-order valence-electron chi connectivity index (χ1n) is 7.95. The summed E-state index contributed by atoms with van der Waals surface area (Å²) in [6.07, 6.45) is -3.48. The van der Waals surface area contributed by atoms with Gasteiger partial charge in [-0.15, -0.1) is 0 Å². The van der Waals surface area contributed by atoms with Gasteiger partial charge in [-0.1, -0.05) is 0 Å². The summed E-state index contributed by atoms with van der Waals surface area (Å²) in [4.78, 5) is 5.58. The van der Waals surface area contributed by atoms with Crippen LogP contribution in [0.5, 0.6) is 0 Å². The van der Waals surface area contributed by atoms with E-state index in [1.54, 1.807) is 7.05 Å². The van der Waals surface area contributed by atoms with Crippen molar-refractivity contribution in [2.45, 2.75) is 39.0 Å². The predicted octanol–water partition coefficient (Wildman–Crippen LogP) is 1.34. The average Bonchev–Trinajstić information content (AvgIpc) is 2.99. The van der Waals surface area contributed by atoms with Gasteiger partial charge in [0.1, 0.15) is 0 Å². The molecule has 24 heavy (non-hydrogen) atoms. The molecule has 0 spiro atoms. The van der Waals surface area contributed by atoms with E-state index in [4.69, 9.17) is 0 Å². The molecule has 1 saturated heterocycles. The van der Waals surface area contributed by atoms with Crippen LogP contribution in [0.2, 0.25) is 0 Å². The summed E-state index contributed by atoms with van der Waals surface area (Å²) >= 11 is 0.